The van der Waals surface area contributed by atoms with E-state index in [9.17, 15) is 9.59 Å². The molecule has 144 valence electrons. The molecule has 2 aromatic rings. The number of ether oxygens (including phenoxy) is 1. The molecule has 1 saturated heterocycles. The summed E-state index contributed by atoms with van der Waals surface area (Å²) in [6.07, 6.45) is 1.72. The number of benzene rings is 2. The van der Waals surface area contributed by atoms with Crippen LogP contribution in [0.15, 0.2) is 58.4 Å². The van der Waals surface area contributed by atoms with Crippen LogP contribution >= 0.6 is 23.4 Å². The zero-order valence-electron chi connectivity index (χ0n) is 15.1. The first-order valence-electron chi connectivity index (χ1n) is 8.54. The summed E-state index contributed by atoms with van der Waals surface area (Å²) in [5.74, 6) is -0.246. The Hall–Kier alpha value is -2.77. The summed E-state index contributed by atoms with van der Waals surface area (Å²) in [6.45, 7) is 2.13. The second-order valence-electron chi connectivity index (χ2n) is 5.80. The number of carbonyl (C=O) groups is 2. The van der Waals surface area contributed by atoms with E-state index in [1.165, 1.54) is 11.8 Å². The maximum Gasteiger partial charge on any atom is 0.266 e. The summed E-state index contributed by atoms with van der Waals surface area (Å²) < 4.78 is 5.43. The number of hydrogen-bond acceptors (Lipinski definition) is 5. The summed E-state index contributed by atoms with van der Waals surface area (Å²) >= 11 is 7.45. The van der Waals surface area contributed by atoms with E-state index in [1.54, 1.807) is 41.3 Å². The number of para-hydroxylation sites is 2. The van der Waals surface area contributed by atoms with Gasteiger partial charge >= 0.3 is 0 Å². The van der Waals surface area contributed by atoms with Crippen molar-refractivity contribution in [2.75, 3.05) is 13.2 Å². The lowest BCUT2D eigenvalue weighted by Crippen LogP contribution is -2.28. The van der Waals surface area contributed by atoms with Gasteiger partial charge in [0.05, 0.1) is 15.6 Å². The summed E-state index contributed by atoms with van der Waals surface area (Å²) in [6, 6.07) is 14.3. The van der Waals surface area contributed by atoms with Gasteiger partial charge in [-0.05, 0) is 43.0 Å². The van der Waals surface area contributed by atoms with Crippen LogP contribution in [0.1, 0.15) is 12.5 Å². The third kappa shape index (κ3) is 4.55. The standard InChI is InChI=1S/C20H18ClN3O3S/c1-2-24-19(26)17(28-20(24)23-15-9-5-4-8-14(15)21)11-13-7-3-6-10-16(13)27-12-18(22)25/h3-11H,2,12H2,1H3,(H2,22,25)/b17-11+,23-20?. The minimum atomic E-state index is -0.569. The van der Waals surface area contributed by atoms with E-state index in [1.807, 2.05) is 25.1 Å². The Bertz CT molecular complexity index is 975. The van der Waals surface area contributed by atoms with Gasteiger partial charge in [-0.1, -0.05) is 41.9 Å². The van der Waals surface area contributed by atoms with Crippen LogP contribution in [0.25, 0.3) is 6.08 Å². The van der Waals surface area contributed by atoms with E-state index >= 15 is 0 Å². The van der Waals surface area contributed by atoms with E-state index in [-0.39, 0.29) is 12.5 Å². The summed E-state index contributed by atoms with van der Waals surface area (Å²) in [7, 11) is 0. The predicted octanol–water partition coefficient (Wildman–Crippen LogP) is 3.83. The van der Waals surface area contributed by atoms with Gasteiger partial charge < -0.3 is 10.5 Å². The maximum atomic E-state index is 12.8. The molecule has 3 rings (SSSR count). The number of likely N-dealkylation sites (N-methyl/N-ethyl adjacent to an activating group) is 1. The van der Waals surface area contributed by atoms with Crippen LogP contribution in [-0.4, -0.2) is 35.0 Å². The van der Waals surface area contributed by atoms with Gasteiger partial charge in [0, 0.05) is 12.1 Å². The highest BCUT2D eigenvalue weighted by molar-refractivity contribution is 8.18. The largest absolute Gasteiger partial charge is 0.483 e. The molecule has 0 radical (unpaired) electrons. The smallest absolute Gasteiger partial charge is 0.266 e. The van der Waals surface area contributed by atoms with Crippen molar-refractivity contribution in [3.8, 4) is 5.75 Å². The highest BCUT2D eigenvalue weighted by Gasteiger charge is 2.32. The average molecular weight is 416 g/mol. The zero-order chi connectivity index (χ0) is 20.1. The van der Waals surface area contributed by atoms with Gasteiger partial charge in [0.2, 0.25) is 0 Å². The molecule has 0 aliphatic carbocycles. The monoisotopic (exact) mass is 415 g/mol. The van der Waals surface area contributed by atoms with Crippen molar-refractivity contribution in [3.05, 3.63) is 64.0 Å². The normalized spacial score (nSPS) is 16.8. The molecule has 8 heteroatoms. The van der Waals surface area contributed by atoms with Crippen molar-refractivity contribution >= 4 is 52.1 Å². The van der Waals surface area contributed by atoms with Crippen LogP contribution in [0.3, 0.4) is 0 Å². The topological polar surface area (TPSA) is 85.0 Å². The molecule has 0 atom stereocenters. The van der Waals surface area contributed by atoms with Gasteiger partial charge in [-0.3, -0.25) is 14.5 Å². The van der Waals surface area contributed by atoms with Gasteiger partial charge in [0.15, 0.2) is 11.8 Å². The second kappa shape index (κ2) is 8.95. The quantitative estimate of drug-likeness (QED) is 0.726. The number of hydrogen-bond donors (Lipinski definition) is 1. The Balaban J connectivity index is 1.93. The van der Waals surface area contributed by atoms with Gasteiger partial charge in [-0.15, -0.1) is 0 Å². The Morgan fingerprint density at radius 3 is 2.68 bits per heavy atom. The fraction of sp³-hybridized carbons (Fsp3) is 0.150. The third-order valence-electron chi connectivity index (χ3n) is 3.85. The lowest BCUT2D eigenvalue weighted by molar-refractivity contribution is -0.122. The molecular weight excluding hydrogens is 398 g/mol. The molecule has 1 heterocycles. The molecular formula is C20H18ClN3O3S. The van der Waals surface area contributed by atoms with Crippen LogP contribution < -0.4 is 10.5 Å². The highest BCUT2D eigenvalue weighted by Crippen LogP contribution is 2.36. The van der Waals surface area contributed by atoms with Gasteiger partial charge in [-0.2, -0.15) is 0 Å². The molecule has 28 heavy (non-hydrogen) atoms. The molecule has 0 unspecified atom stereocenters. The molecule has 0 bridgehead atoms. The van der Waals surface area contributed by atoms with E-state index in [0.29, 0.717) is 38.6 Å². The minimum absolute atomic E-state index is 0.150. The van der Waals surface area contributed by atoms with Crippen LogP contribution in [0.2, 0.25) is 5.02 Å². The fourth-order valence-electron chi connectivity index (χ4n) is 2.54. The van der Waals surface area contributed by atoms with E-state index in [0.717, 1.165) is 0 Å². The summed E-state index contributed by atoms with van der Waals surface area (Å²) in [5.41, 5.74) is 6.42. The molecule has 0 aromatic heterocycles. The van der Waals surface area contributed by atoms with E-state index in [2.05, 4.69) is 4.99 Å². The molecule has 1 aliphatic heterocycles. The number of primary amides is 1. The number of carbonyl (C=O) groups excluding carboxylic acids is 2. The SMILES string of the molecule is CCN1C(=O)/C(=C\c2ccccc2OCC(N)=O)SC1=Nc1ccccc1Cl. The van der Waals surface area contributed by atoms with Gasteiger partial charge in [-0.25, -0.2) is 4.99 Å². The average Bonchev–Trinajstić information content (AvgIpc) is 2.97. The van der Waals surface area contributed by atoms with Gasteiger partial charge in [0.25, 0.3) is 11.8 Å². The molecule has 2 aromatic carbocycles. The van der Waals surface area contributed by atoms with Crippen molar-refractivity contribution in [3.63, 3.8) is 0 Å². The molecule has 2 amide bonds. The minimum Gasteiger partial charge on any atom is -0.483 e. The second-order valence-corrected chi connectivity index (χ2v) is 7.21. The number of nitrogens with two attached hydrogens (primary N) is 1. The van der Waals surface area contributed by atoms with Crippen molar-refractivity contribution in [1.82, 2.24) is 4.90 Å². The van der Waals surface area contributed by atoms with Crippen LogP contribution in [0.5, 0.6) is 5.75 Å². The number of halogens is 1. The first-order valence-corrected chi connectivity index (χ1v) is 9.73. The van der Waals surface area contributed by atoms with E-state index in [4.69, 9.17) is 22.1 Å². The van der Waals surface area contributed by atoms with Crippen LogP contribution in [-0.2, 0) is 9.59 Å². The maximum absolute atomic E-state index is 12.8. The molecule has 0 spiro atoms. The number of amidine groups is 1. The summed E-state index contributed by atoms with van der Waals surface area (Å²) in [4.78, 5) is 30.5. The molecule has 1 fully saturated rings. The lowest BCUT2D eigenvalue weighted by Gasteiger charge is -2.12. The van der Waals surface area contributed by atoms with Crippen molar-refractivity contribution in [2.45, 2.75) is 6.92 Å². The first kappa shape index (κ1) is 20.0. The number of nitrogens with zero attached hydrogens (tertiary/aromatic N) is 2. The number of aliphatic imine (C=N–C) groups is 1. The Kier molecular flexibility index (Phi) is 6.38. The predicted molar refractivity (Wildman–Crippen MR) is 113 cm³/mol. The number of amides is 2. The molecule has 0 saturated carbocycles. The number of rotatable bonds is 6. The molecule has 1 aliphatic rings. The van der Waals surface area contributed by atoms with Gasteiger partial charge in [0.1, 0.15) is 5.75 Å². The van der Waals surface area contributed by atoms with Crippen molar-refractivity contribution in [2.24, 2.45) is 10.7 Å². The van der Waals surface area contributed by atoms with Crippen LogP contribution in [0, 0.1) is 0 Å². The summed E-state index contributed by atoms with van der Waals surface area (Å²) in [5, 5.41) is 1.07. The molecule has 6 nitrogen and oxygen atoms in total. The lowest BCUT2D eigenvalue weighted by atomic mass is 10.2. The molecule has 2 N–H and O–H groups in total. The highest BCUT2D eigenvalue weighted by atomic mass is 35.5. The van der Waals surface area contributed by atoms with Crippen molar-refractivity contribution in [1.29, 1.82) is 0 Å². The first-order chi connectivity index (χ1) is 13.5. The third-order valence-corrected chi connectivity index (χ3v) is 5.17. The van der Waals surface area contributed by atoms with Crippen molar-refractivity contribution < 1.29 is 14.3 Å². The zero-order valence-corrected chi connectivity index (χ0v) is 16.7. The fourth-order valence-corrected chi connectivity index (χ4v) is 3.76. The van der Waals surface area contributed by atoms with E-state index < -0.39 is 5.91 Å². The Morgan fingerprint density at radius 1 is 1.25 bits per heavy atom. The Labute approximate surface area is 172 Å². The van der Waals surface area contributed by atoms with Crippen LogP contribution in [0.4, 0.5) is 5.69 Å². The number of thioether (sulfide) groups is 1. The Morgan fingerprint density at radius 2 is 1.96 bits per heavy atom.